The van der Waals surface area contributed by atoms with Crippen molar-refractivity contribution in [2.24, 2.45) is 0 Å². The van der Waals surface area contributed by atoms with Gasteiger partial charge in [0.2, 0.25) is 0 Å². The van der Waals surface area contributed by atoms with Crippen LogP contribution < -0.4 is 15.4 Å². The van der Waals surface area contributed by atoms with Crippen molar-refractivity contribution >= 4 is 28.4 Å². The first-order valence-corrected chi connectivity index (χ1v) is 8.59. The Hall–Kier alpha value is -3.41. The van der Waals surface area contributed by atoms with E-state index in [0.29, 0.717) is 11.4 Å². The number of carbonyl (C=O) groups excluding carboxylic acids is 2. The van der Waals surface area contributed by atoms with Crippen molar-refractivity contribution in [3.8, 4) is 5.75 Å². The van der Waals surface area contributed by atoms with Gasteiger partial charge in [-0.15, -0.1) is 0 Å². The van der Waals surface area contributed by atoms with Gasteiger partial charge in [0, 0.05) is 10.9 Å². The van der Waals surface area contributed by atoms with Crippen molar-refractivity contribution in [1.29, 1.82) is 0 Å². The average molecular weight is 363 g/mol. The molecule has 0 bridgehead atoms. The smallest absolute Gasteiger partial charge is 0.313 e. The zero-order valence-electron chi connectivity index (χ0n) is 15.4. The summed E-state index contributed by atoms with van der Waals surface area (Å²) in [5.74, 6) is -0.808. The van der Waals surface area contributed by atoms with Crippen LogP contribution >= 0.6 is 0 Å². The molecule has 0 aliphatic carbocycles. The molecule has 2 amide bonds. The molecule has 0 aliphatic rings. The largest absolute Gasteiger partial charge is 0.496 e. The molecule has 0 saturated carbocycles. The molecule has 0 fully saturated rings. The predicted octanol–water partition coefficient (Wildman–Crippen LogP) is 3.37. The van der Waals surface area contributed by atoms with E-state index in [9.17, 15) is 9.59 Å². The van der Waals surface area contributed by atoms with Crippen LogP contribution in [0.5, 0.6) is 5.75 Å². The first kappa shape index (κ1) is 18.4. The van der Waals surface area contributed by atoms with Crippen LogP contribution in [0.3, 0.4) is 0 Å². The van der Waals surface area contributed by atoms with E-state index in [1.54, 1.807) is 20.1 Å². The van der Waals surface area contributed by atoms with Gasteiger partial charge in [-0.25, -0.2) is 0 Å². The quantitative estimate of drug-likeness (QED) is 0.697. The van der Waals surface area contributed by atoms with Crippen molar-refractivity contribution in [1.82, 2.24) is 10.3 Å². The molecule has 0 aliphatic heterocycles. The minimum atomic E-state index is -0.745. The SMILES string of the molecule is COc1ccc(C)cc1[C@@H](C)NC(=O)C(=O)Nc1cnc2ccccc2c1. The molecule has 1 aromatic heterocycles. The number of para-hydroxylation sites is 1. The lowest BCUT2D eigenvalue weighted by molar-refractivity contribution is -0.136. The number of hydrogen-bond donors (Lipinski definition) is 2. The van der Waals surface area contributed by atoms with Crippen LogP contribution in [-0.2, 0) is 9.59 Å². The number of anilines is 1. The maximum absolute atomic E-state index is 12.3. The molecule has 1 atom stereocenters. The van der Waals surface area contributed by atoms with Gasteiger partial charge in [-0.3, -0.25) is 14.6 Å². The zero-order chi connectivity index (χ0) is 19.4. The van der Waals surface area contributed by atoms with E-state index >= 15 is 0 Å². The first-order valence-electron chi connectivity index (χ1n) is 8.59. The topological polar surface area (TPSA) is 80.3 Å². The fourth-order valence-corrected chi connectivity index (χ4v) is 2.86. The molecule has 0 unspecified atom stereocenters. The standard InChI is InChI=1S/C21H21N3O3/c1-13-8-9-19(27-3)17(10-13)14(2)23-20(25)21(26)24-16-11-15-6-4-5-7-18(15)22-12-16/h4-12,14H,1-3H3,(H,23,25)(H,24,26)/t14-/m1/s1. The number of carbonyl (C=O) groups is 2. The summed E-state index contributed by atoms with van der Waals surface area (Å²) in [4.78, 5) is 28.8. The number of nitrogens with one attached hydrogen (secondary N) is 2. The Balaban J connectivity index is 1.69. The third kappa shape index (κ3) is 4.23. The lowest BCUT2D eigenvalue weighted by Crippen LogP contribution is -2.37. The second kappa shape index (κ2) is 7.86. The van der Waals surface area contributed by atoms with E-state index in [2.05, 4.69) is 15.6 Å². The third-order valence-electron chi connectivity index (χ3n) is 4.25. The van der Waals surface area contributed by atoms with Gasteiger partial charge >= 0.3 is 11.8 Å². The van der Waals surface area contributed by atoms with Crippen molar-refractivity contribution in [3.05, 3.63) is 65.9 Å². The van der Waals surface area contributed by atoms with Crippen LogP contribution in [0.1, 0.15) is 24.1 Å². The molecular weight excluding hydrogens is 342 g/mol. The Labute approximate surface area is 157 Å². The second-order valence-electron chi connectivity index (χ2n) is 6.31. The minimum Gasteiger partial charge on any atom is -0.496 e. The van der Waals surface area contributed by atoms with Gasteiger partial charge in [-0.2, -0.15) is 0 Å². The van der Waals surface area contributed by atoms with Crippen LogP contribution in [0.25, 0.3) is 10.9 Å². The molecule has 0 saturated heterocycles. The average Bonchev–Trinajstić information content (AvgIpc) is 2.67. The summed E-state index contributed by atoms with van der Waals surface area (Å²) in [6.45, 7) is 3.76. The molecule has 6 nitrogen and oxygen atoms in total. The van der Waals surface area contributed by atoms with Crippen LogP contribution in [0, 0.1) is 6.92 Å². The second-order valence-corrected chi connectivity index (χ2v) is 6.31. The van der Waals surface area contributed by atoms with Gasteiger partial charge in [0.25, 0.3) is 0 Å². The molecule has 2 aromatic carbocycles. The molecule has 0 spiro atoms. The number of rotatable bonds is 4. The van der Waals surface area contributed by atoms with E-state index in [1.165, 1.54) is 6.20 Å². The zero-order valence-corrected chi connectivity index (χ0v) is 15.4. The highest BCUT2D eigenvalue weighted by Crippen LogP contribution is 2.26. The van der Waals surface area contributed by atoms with Crippen molar-refractivity contribution < 1.29 is 14.3 Å². The Morgan fingerprint density at radius 1 is 1.07 bits per heavy atom. The Morgan fingerprint density at radius 2 is 1.85 bits per heavy atom. The van der Waals surface area contributed by atoms with E-state index < -0.39 is 11.8 Å². The van der Waals surface area contributed by atoms with E-state index in [1.807, 2.05) is 49.4 Å². The highest BCUT2D eigenvalue weighted by atomic mass is 16.5. The highest BCUT2D eigenvalue weighted by Gasteiger charge is 2.19. The van der Waals surface area contributed by atoms with Gasteiger partial charge in [0.05, 0.1) is 30.6 Å². The third-order valence-corrected chi connectivity index (χ3v) is 4.25. The fraction of sp³-hybridized carbons (Fsp3) is 0.190. The Kier molecular flexibility index (Phi) is 5.35. The molecule has 138 valence electrons. The minimum absolute atomic E-state index is 0.382. The molecule has 27 heavy (non-hydrogen) atoms. The van der Waals surface area contributed by atoms with Crippen LogP contribution in [0.2, 0.25) is 0 Å². The summed E-state index contributed by atoms with van der Waals surface area (Å²) < 4.78 is 5.34. The van der Waals surface area contributed by atoms with E-state index in [4.69, 9.17) is 4.74 Å². The predicted molar refractivity (Wildman–Crippen MR) is 105 cm³/mol. The van der Waals surface area contributed by atoms with Crippen LogP contribution in [0.4, 0.5) is 5.69 Å². The number of aryl methyl sites for hydroxylation is 1. The molecular formula is C21H21N3O3. The summed E-state index contributed by atoms with van der Waals surface area (Å²) in [7, 11) is 1.57. The molecule has 0 radical (unpaired) electrons. The van der Waals surface area contributed by atoms with Gasteiger partial charge in [-0.1, -0.05) is 35.9 Å². The lowest BCUT2D eigenvalue weighted by Gasteiger charge is -2.17. The Bertz CT molecular complexity index is 1000. The number of pyridine rings is 1. The van der Waals surface area contributed by atoms with Crippen molar-refractivity contribution in [2.75, 3.05) is 12.4 Å². The summed E-state index contributed by atoms with van der Waals surface area (Å²) in [6, 6.07) is 14.6. The van der Waals surface area contributed by atoms with Gasteiger partial charge in [-0.05, 0) is 32.0 Å². The Morgan fingerprint density at radius 3 is 2.63 bits per heavy atom. The molecule has 3 rings (SSSR count). The molecule has 1 heterocycles. The number of aromatic nitrogens is 1. The highest BCUT2D eigenvalue weighted by molar-refractivity contribution is 6.39. The summed E-state index contributed by atoms with van der Waals surface area (Å²) >= 11 is 0. The number of fused-ring (bicyclic) bond motifs is 1. The number of amides is 2. The van der Waals surface area contributed by atoms with Crippen LogP contribution in [-0.4, -0.2) is 23.9 Å². The van der Waals surface area contributed by atoms with Gasteiger partial charge in [0.15, 0.2) is 0 Å². The number of nitrogens with zero attached hydrogens (tertiary/aromatic N) is 1. The molecule has 3 aromatic rings. The maximum Gasteiger partial charge on any atom is 0.313 e. The van der Waals surface area contributed by atoms with Crippen molar-refractivity contribution in [2.45, 2.75) is 19.9 Å². The van der Waals surface area contributed by atoms with Crippen molar-refractivity contribution in [3.63, 3.8) is 0 Å². The van der Waals surface area contributed by atoms with E-state index in [-0.39, 0.29) is 6.04 Å². The van der Waals surface area contributed by atoms with Gasteiger partial charge in [0.1, 0.15) is 5.75 Å². The molecule has 6 heteroatoms. The number of methoxy groups -OCH3 is 1. The molecule has 2 N–H and O–H groups in total. The first-order chi connectivity index (χ1) is 13.0. The maximum atomic E-state index is 12.3. The summed E-state index contributed by atoms with van der Waals surface area (Å²) in [5.41, 5.74) is 3.14. The fourth-order valence-electron chi connectivity index (χ4n) is 2.86. The lowest BCUT2D eigenvalue weighted by atomic mass is 10.0. The van der Waals surface area contributed by atoms with E-state index in [0.717, 1.165) is 22.0 Å². The van der Waals surface area contributed by atoms with Gasteiger partial charge < -0.3 is 15.4 Å². The monoisotopic (exact) mass is 363 g/mol. The van der Waals surface area contributed by atoms with Crippen LogP contribution in [0.15, 0.2) is 54.7 Å². The summed E-state index contributed by atoms with van der Waals surface area (Å²) in [6.07, 6.45) is 1.53. The number of hydrogen-bond acceptors (Lipinski definition) is 4. The number of benzene rings is 2. The summed E-state index contributed by atoms with van der Waals surface area (Å²) in [5, 5.41) is 6.17. The normalized spacial score (nSPS) is 11.7. The number of ether oxygens (including phenoxy) is 1.